The Morgan fingerprint density at radius 3 is 2.87 bits per heavy atom. The molecule has 0 radical (unpaired) electrons. The van der Waals surface area contributed by atoms with Gasteiger partial charge < -0.3 is 19.7 Å². The van der Waals surface area contributed by atoms with Gasteiger partial charge in [0.25, 0.3) is 0 Å². The third kappa shape index (κ3) is 2.66. The summed E-state index contributed by atoms with van der Waals surface area (Å²) in [5.41, 5.74) is 1.47. The van der Waals surface area contributed by atoms with Gasteiger partial charge in [0.15, 0.2) is 0 Å². The predicted octanol–water partition coefficient (Wildman–Crippen LogP) is 3.07. The molecular formula is C15H13ClN4O3. The number of fused-ring (bicyclic) bond motifs is 1. The second-order valence-electron chi connectivity index (χ2n) is 4.80. The molecule has 0 aliphatic heterocycles. The molecule has 3 aromatic rings. The SMILES string of the molecule is COc1nccc(Nc2ccc(Cl)c3c2cc(C(=O)O)n3C)n1. The highest BCUT2D eigenvalue weighted by molar-refractivity contribution is 6.36. The minimum Gasteiger partial charge on any atom is -0.477 e. The highest BCUT2D eigenvalue weighted by Gasteiger charge is 2.17. The summed E-state index contributed by atoms with van der Waals surface area (Å²) in [4.78, 5) is 19.5. The fourth-order valence-electron chi connectivity index (χ4n) is 2.38. The molecular weight excluding hydrogens is 320 g/mol. The first-order valence-corrected chi connectivity index (χ1v) is 7.04. The molecule has 0 bridgehead atoms. The second kappa shape index (κ2) is 5.77. The lowest BCUT2D eigenvalue weighted by atomic mass is 10.2. The van der Waals surface area contributed by atoms with Crippen LogP contribution in [0, 0.1) is 0 Å². The average molecular weight is 333 g/mol. The average Bonchev–Trinajstić information content (AvgIpc) is 2.89. The number of nitrogens with one attached hydrogen (secondary N) is 1. The maximum Gasteiger partial charge on any atom is 0.352 e. The van der Waals surface area contributed by atoms with Crippen LogP contribution in [0.1, 0.15) is 10.5 Å². The van der Waals surface area contributed by atoms with Crippen molar-refractivity contribution in [2.45, 2.75) is 0 Å². The van der Waals surface area contributed by atoms with E-state index in [0.717, 1.165) is 0 Å². The number of carboxylic acid groups (broad SMARTS) is 1. The number of halogens is 1. The van der Waals surface area contributed by atoms with Crippen molar-refractivity contribution in [1.82, 2.24) is 14.5 Å². The van der Waals surface area contributed by atoms with E-state index in [0.29, 0.717) is 27.4 Å². The third-order valence-electron chi connectivity index (χ3n) is 3.44. The van der Waals surface area contributed by atoms with Crippen molar-refractivity contribution >= 4 is 40.0 Å². The Balaban J connectivity index is 2.12. The number of benzene rings is 1. The van der Waals surface area contributed by atoms with Gasteiger partial charge in [0.05, 0.1) is 17.6 Å². The Morgan fingerprint density at radius 2 is 2.17 bits per heavy atom. The zero-order valence-corrected chi connectivity index (χ0v) is 13.1. The molecule has 7 nitrogen and oxygen atoms in total. The Kier molecular flexibility index (Phi) is 3.79. The van der Waals surface area contributed by atoms with E-state index in [-0.39, 0.29) is 11.7 Å². The van der Waals surface area contributed by atoms with Gasteiger partial charge >= 0.3 is 12.0 Å². The number of anilines is 2. The van der Waals surface area contributed by atoms with Crippen molar-refractivity contribution in [2.24, 2.45) is 7.05 Å². The first-order valence-electron chi connectivity index (χ1n) is 6.66. The molecule has 0 aliphatic carbocycles. The van der Waals surface area contributed by atoms with Crippen molar-refractivity contribution in [3.63, 3.8) is 0 Å². The van der Waals surface area contributed by atoms with Gasteiger partial charge in [-0.15, -0.1) is 0 Å². The maximum atomic E-state index is 11.3. The van der Waals surface area contributed by atoms with Crippen LogP contribution in [-0.4, -0.2) is 32.7 Å². The molecule has 23 heavy (non-hydrogen) atoms. The zero-order chi connectivity index (χ0) is 16.6. The summed E-state index contributed by atoms with van der Waals surface area (Å²) in [6.45, 7) is 0. The Hall–Kier alpha value is -2.80. The quantitative estimate of drug-likeness (QED) is 0.763. The molecule has 1 aromatic carbocycles. The van der Waals surface area contributed by atoms with E-state index in [2.05, 4.69) is 15.3 Å². The molecule has 0 aliphatic rings. The largest absolute Gasteiger partial charge is 0.477 e. The van der Waals surface area contributed by atoms with Crippen LogP contribution < -0.4 is 10.1 Å². The smallest absolute Gasteiger partial charge is 0.352 e. The lowest BCUT2D eigenvalue weighted by molar-refractivity contribution is 0.0687. The molecule has 2 heterocycles. The number of carbonyl (C=O) groups is 1. The number of nitrogens with zero attached hydrogens (tertiary/aromatic N) is 3. The lowest BCUT2D eigenvalue weighted by Crippen LogP contribution is -2.03. The van der Waals surface area contributed by atoms with E-state index in [4.69, 9.17) is 16.3 Å². The van der Waals surface area contributed by atoms with Crippen LogP contribution in [-0.2, 0) is 7.05 Å². The first kappa shape index (κ1) is 15.1. The molecule has 0 saturated heterocycles. The van der Waals surface area contributed by atoms with Gasteiger partial charge in [0, 0.05) is 24.3 Å². The molecule has 0 atom stereocenters. The van der Waals surface area contributed by atoms with Crippen LogP contribution >= 0.6 is 11.6 Å². The summed E-state index contributed by atoms with van der Waals surface area (Å²) in [7, 11) is 3.14. The fraction of sp³-hybridized carbons (Fsp3) is 0.133. The van der Waals surface area contributed by atoms with Gasteiger partial charge in [-0.2, -0.15) is 4.98 Å². The number of methoxy groups -OCH3 is 1. The molecule has 3 rings (SSSR count). The minimum atomic E-state index is -1.02. The Morgan fingerprint density at radius 1 is 1.39 bits per heavy atom. The monoisotopic (exact) mass is 332 g/mol. The number of aryl methyl sites for hydroxylation is 1. The summed E-state index contributed by atoms with van der Waals surface area (Å²) < 4.78 is 6.54. The molecule has 8 heteroatoms. The number of hydrogen-bond donors (Lipinski definition) is 2. The summed E-state index contributed by atoms with van der Waals surface area (Å²) in [6, 6.07) is 6.97. The van der Waals surface area contributed by atoms with Gasteiger partial charge in [-0.25, -0.2) is 9.78 Å². The van der Waals surface area contributed by atoms with Crippen molar-refractivity contribution in [1.29, 1.82) is 0 Å². The highest BCUT2D eigenvalue weighted by Crippen LogP contribution is 2.33. The maximum absolute atomic E-state index is 11.3. The van der Waals surface area contributed by atoms with Crippen molar-refractivity contribution in [3.8, 4) is 6.01 Å². The summed E-state index contributed by atoms with van der Waals surface area (Å²) in [5.74, 6) is -0.490. The molecule has 0 saturated carbocycles. The number of ether oxygens (including phenoxy) is 1. The Labute approximate surface area is 136 Å². The highest BCUT2D eigenvalue weighted by atomic mass is 35.5. The predicted molar refractivity (Wildman–Crippen MR) is 86.8 cm³/mol. The van der Waals surface area contributed by atoms with Gasteiger partial charge in [-0.05, 0) is 24.3 Å². The van der Waals surface area contributed by atoms with E-state index < -0.39 is 5.97 Å². The van der Waals surface area contributed by atoms with Crippen molar-refractivity contribution in [2.75, 3.05) is 12.4 Å². The topological polar surface area (TPSA) is 89.3 Å². The fourth-order valence-corrected chi connectivity index (χ4v) is 2.67. The van der Waals surface area contributed by atoms with Gasteiger partial charge in [0.2, 0.25) is 0 Å². The van der Waals surface area contributed by atoms with E-state index in [1.807, 2.05) is 0 Å². The third-order valence-corrected chi connectivity index (χ3v) is 3.75. The van der Waals surface area contributed by atoms with Gasteiger partial charge in [0.1, 0.15) is 11.5 Å². The molecule has 0 amide bonds. The van der Waals surface area contributed by atoms with E-state index >= 15 is 0 Å². The number of rotatable bonds is 4. The lowest BCUT2D eigenvalue weighted by Gasteiger charge is -2.09. The second-order valence-corrected chi connectivity index (χ2v) is 5.21. The summed E-state index contributed by atoms with van der Waals surface area (Å²) in [6.07, 6.45) is 1.56. The zero-order valence-electron chi connectivity index (χ0n) is 12.4. The van der Waals surface area contributed by atoms with Crippen molar-refractivity contribution < 1.29 is 14.6 Å². The normalized spacial score (nSPS) is 10.7. The van der Waals surface area contributed by atoms with Crippen LogP contribution in [0.25, 0.3) is 10.9 Å². The van der Waals surface area contributed by atoms with Gasteiger partial charge in [-0.1, -0.05) is 11.6 Å². The van der Waals surface area contributed by atoms with Crippen LogP contribution in [0.4, 0.5) is 11.5 Å². The molecule has 0 unspecified atom stereocenters. The number of aromatic carboxylic acids is 1. The van der Waals surface area contributed by atoms with Crippen molar-refractivity contribution in [3.05, 3.63) is 41.2 Å². The summed E-state index contributed by atoms with van der Waals surface area (Å²) >= 11 is 6.22. The molecule has 2 aromatic heterocycles. The van der Waals surface area contributed by atoms with E-state index in [9.17, 15) is 9.90 Å². The van der Waals surface area contributed by atoms with E-state index in [1.165, 1.54) is 7.11 Å². The summed E-state index contributed by atoms with van der Waals surface area (Å²) in [5, 5.41) is 13.6. The van der Waals surface area contributed by atoms with Crippen LogP contribution in [0.2, 0.25) is 5.02 Å². The minimum absolute atomic E-state index is 0.149. The molecule has 118 valence electrons. The Bertz CT molecular complexity index is 907. The molecule has 2 N–H and O–H groups in total. The number of hydrogen-bond acceptors (Lipinski definition) is 5. The van der Waals surface area contributed by atoms with Crippen LogP contribution in [0.15, 0.2) is 30.5 Å². The van der Waals surface area contributed by atoms with Gasteiger partial charge in [-0.3, -0.25) is 0 Å². The van der Waals surface area contributed by atoms with E-state index in [1.54, 1.807) is 42.1 Å². The standard InChI is InChI=1S/C15H13ClN4O3/c1-20-11(14(21)22)7-8-10(4-3-9(16)13(8)20)18-12-5-6-17-15(19-12)23-2/h3-7H,1-2H3,(H,21,22)(H,17,18,19). The molecule has 0 spiro atoms. The number of aromatic nitrogens is 3. The van der Waals surface area contributed by atoms with Crippen LogP contribution in [0.5, 0.6) is 6.01 Å². The number of carboxylic acids is 1. The first-order chi connectivity index (χ1) is 11.0. The molecule has 0 fully saturated rings. The van der Waals surface area contributed by atoms with Crippen LogP contribution in [0.3, 0.4) is 0 Å².